The number of aromatic nitrogens is 5. The minimum Gasteiger partial charge on any atom is -0.382 e. The molecule has 4 N–H and O–H groups in total. The van der Waals surface area contributed by atoms with Gasteiger partial charge in [0, 0.05) is 12.2 Å². The number of nitrogen functional groups attached to an aromatic ring is 2. The largest absolute Gasteiger partial charge is 0.382 e. The van der Waals surface area contributed by atoms with Crippen LogP contribution in [0.3, 0.4) is 0 Å². The monoisotopic (exact) mass is 457 g/mol. The summed E-state index contributed by atoms with van der Waals surface area (Å²) < 4.78 is 16.2. The first kappa shape index (κ1) is 21.3. The van der Waals surface area contributed by atoms with Crippen LogP contribution in [0.15, 0.2) is 47.5 Å². The predicted octanol–water partition coefficient (Wildman–Crippen LogP) is 2.48. The fourth-order valence-electron chi connectivity index (χ4n) is 4.52. The fourth-order valence-corrected chi connectivity index (χ4v) is 4.52. The van der Waals surface area contributed by atoms with Crippen LogP contribution >= 0.6 is 0 Å². The van der Waals surface area contributed by atoms with Gasteiger partial charge in [0.05, 0.1) is 23.3 Å². The van der Waals surface area contributed by atoms with Crippen molar-refractivity contribution in [3.05, 3.63) is 70.3 Å². The first-order valence-corrected chi connectivity index (χ1v) is 10.6. The highest BCUT2D eigenvalue weighted by Gasteiger charge is 2.38. The molecule has 170 valence electrons. The lowest BCUT2D eigenvalue weighted by atomic mass is 10.1. The topological polar surface area (TPSA) is 153 Å². The van der Waals surface area contributed by atoms with E-state index in [0.717, 1.165) is 0 Å². The van der Waals surface area contributed by atoms with Gasteiger partial charge in [-0.25, -0.2) is 9.37 Å². The third kappa shape index (κ3) is 3.27. The molecule has 0 spiro atoms. The molecule has 1 fully saturated rings. The predicted molar refractivity (Wildman–Crippen MR) is 125 cm³/mol. The van der Waals surface area contributed by atoms with E-state index in [4.69, 9.17) is 11.5 Å². The molecule has 11 heteroatoms. The van der Waals surface area contributed by atoms with Gasteiger partial charge in [-0.3, -0.25) is 14.3 Å². The van der Waals surface area contributed by atoms with Crippen LogP contribution in [0, 0.1) is 17.1 Å². The summed E-state index contributed by atoms with van der Waals surface area (Å²) in [6.45, 7) is 1.96. The van der Waals surface area contributed by atoms with E-state index < -0.39 is 17.4 Å². The number of fused-ring (bicyclic) bond motifs is 1. The highest BCUT2D eigenvalue weighted by atomic mass is 19.1. The number of hydrogen-bond acceptors (Lipinski definition) is 9. The summed E-state index contributed by atoms with van der Waals surface area (Å²) in [5.41, 5.74) is 11.9. The van der Waals surface area contributed by atoms with Gasteiger partial charge in [-0.15, -0.1) is 0 Å². The molecule has 34 heavy (non-hydrogen) atoms. The Morgan fingerprint density at radius 3 is 2.71 bits per heavy atom. The minimum atomic E-state index is -0.597. The Labute approximate surface area is 193 Å². The van der Waals surface area contributed by atoms with Gasteiger partial charge in [-0.05, 0) is 44.0 Å². The molecular weight excluding hydrogens is 437 g/mol. The van der Waals surface area contributed by atoms with Crippen LogP contribution < -0.4 is 21.9 Å². The lowest BCUT2D eigenvalue weighted by Crippen LogP contribution is -2.36. The minimum absolute atomic E-state index is 0.0237. The van der Waals surface area contributed by atoms with Crippen LogP contribution in [0.1, 0.15) is 37.2 Å². The number of hydrogen-bond donors (Lipinski definition) is 2. The molecule has 3 aromatic heterocycles. The Kier molecular flexibility index (Phi) is 5.05. The molecule has 1 aliphatic rings. The molecule has 10 nitrogen and oxygen atoms in total. The number of nitrogens with zero attached hydrogens (tertiary/aromatic N) is 7. The highest BCUT2D eigenvalue weighted by Crippen LogP contribution is 2.41. The van der Waals surface area contributed by atoms with Crippen LogP contribution in [-0.4, -0.2) is 30.5 Å². The Morgan fingerprint density at radius 1 is 1.15 bits per heavy atom. The summed E-state index contributed by atoms with van der Waals surface area (Å²) in [6.07, 6.45) is 4.42. The van der Waals surface area contributed by atoms with Gasteiger partial charge in [0.25, 0.3) is 5.56 Å². The van der Waals surface area contributed by atoms with Crippen molar-refractivity contribution in [1.82, 2.24) is 24.5 Å². The second kappa shape index (κ2) is 8.08. The summed E-state index contributed by atoms with van der Waals surface area (Å²) >= 11 is 0. The summed E-state index contributed by atoms with van der Waals surface area (Å²) in [4.78, 5) is 32.4. The Hall–Kier alpha value is -4.59. The van der Waals surface area contributed by atoms with E-state index >= 15 is 0 Å². The zero-order chi connectivity index (χ0) is 24.0. The lowest BCUT2D eigenvalue weighted by molar-refractivity contribution is 0.605. The van der Waals surface area contributed by atoms with Gasteiger partial charge >= 0.3 is 0 Å². The van der Waals surface area contributed by atoms with Crippen LogP contribution in [0.25, 0.3) is 16.6 Å². The summed E-state index contributed by atoms with van der Waals surface area (Å²) in [6, 6.07) is 9.15. The zero-order valence-electron chi connectivity index (χ0n) is 18.2. The number of pyridine rings is 1. The number of halogens is 1. The smallest absolute Gasteiger partial charge is 0.266 e. The van der Waals surface area contributed by atoms with Gasteiger partial charge in [-0.1, -0.05) is 6.07 Å². The van der Waals surface area contributed by atoms with Gasteiger partial charge < -0.3 is 16.4 Å². The average Bonchev–Trinajstić information content (AvgIpc) is 3.20. The lowest BCUT2D eigenvalue weighted by Gasteiger charge is -2.31. The van der Waals surface area contributed by atoms with Crippen molar-refractivity contribution in [3.8, 4) is 11.8 Å². The standard InChI is InChI=1S/C23H20FN9O/c1-12-7-8-17(32(12)20-15(10-25)19(26)30-23(27)31-20)21-29-18-14(5-2-6-16(18)24)22(34)33(21)13-4-3-9-28-11-13/h2-6,9,11-12,17H,7-8H2,1H3,(H4,26,27,30,31)/t12-,17-/m0/s1. The van der Waals surface area contributed by atoms with Crippen molar-refractivity contribution in [2.75, 3.05) is 16.4 Å². The third-order valence-corrected chi connectivity index (χ3v) is 6.04. The number of anilines is 3. The summed E-state index contributed by atoms with van der Waals surface area (Å²) in [5, 5.41) is 9.89. The normalized spacial score (nSPS) is 17.7. The van der Waals surface area contributed by atoms with Gasteiger partial charge in [0.15, 0.2) is 5.82 Å². The molecule has 5 rings (SSSR count). The molecule has 4 heterocycles. The zero-order valence-corrected chi connectivity index (χ0v) is 18.2. The van der Waals surface area contributed by atoms with Gasteiger partial charge in [0.1, 0.15) is 34.6 Å². The van der Waals surface area contributed by atoms with Crippen LogP contribution in [-0.2, 0) is 0 Å². The maximum Gasteiger partial charge on any atom is 0.266 e. The molecule has 2 atom stereocenters. The molecular formula is C23H20FN9O. The summed E-state index contributed by atoms with van der Waals surface area (Å²) in [7, 11) is 0. The van der Waals surface area contributed by atoms with Gasteiger partial charge in [-0.2, -0.15) is 15.2 Å². The van der Waals surface area contributed by atoms with E-state index in [1.807, 2.05) is 11.8 Å². The van der Waals surface area contributed by atoms with Crippen LogP contribution in [0.5, 0.6) is 0 Å². The SMILES string of the molecule is C[C@H]1CC[C@@H](c2nc3c(F)cccc3c(=O)n2-c2cccnc2)N1c1nc(N)nc(N)c1C#N. The number of para-hydroxylation sites is 1. The number of rotatable bonds is 3. The average molecular weight is 457 g/mol. The molecule has 0 saturated carbocycles. The summed E-state index contributed by atoms with van der Waals surface area (Å²) in [5.74, 6) is -0.153. The second-order valence-electron chi connectivity index (χ2n) is 8.08. The number of benzene rings is 1. The van der Waals surface area contributed by atoms with Crippen LogP contribution in [0.2, 0.25) is 0 Å². The van der Waals surface area contributed by atoms with Crippen molar-refractivity contribution < 1.29 is 4.39 Å². The van der Waals surface area contributed by atoms with Gasteiger partial charge in [0.2, 0.25) is 5.95 Å². The van der Waals surface area contributed by atoms with E-state index in [9.17, 15) is 14.4 Å². The molecule has 0 radical (unpaired) electrons. The van der Waals surface area contributed by atoms with Crippen molar-refractivity contribution >= 4 is 28.5 Å². The quantitative estimate of drug-likeness (QED) is 0.472. The molecule has 0 aliphatic carbocycles. The Balaban J connectivity index is 1.81. The van der Waals surface area contributed by atoms with Crippen molar-refractivity contribution in [1.29, 1.82) is 5.26 Å². The maximum absolute atomic E-state index is 14.8. The Morgan fingerprint density at radius 2 is 1.97 bits per heavy atom. The molecule has 0 bridgehead atoms. The Bertz CT molecular complexity index is 1510. The van der Waals surface area contributed by atoms with Crippen LogP contribution in [0.4, 0.5) is 22.0 Å². The molecule has 4 aromatic rings. The second-order valence-corrected chi connectivity index (χ2v) is 8.08. The van der Waals surface area contributed by atoms with E-state index in [0.29, 0.717) is 24.4 Å². The van der Waals surface area contributed by atoms with E-state index in [1.165, 1.54) is 16.7 Å². The number of nitriles is 1. The van der Waals surface area contributed by atoms with E-state index in [-0.39, 0.29) is 40.1 Å². The molecule has 0 unspecified atom stereocenters. The van der Waals surface area contributed by atoms with E-state index in [1.54, 1.807) is 30.6 Å². The van der Waals surface area contributed by atoms with Crippen molar-refractivity contribution in [2.45, 2.75) is 31.8 Å². The first-order chi connectivity index (χ1) is 16.4. The fraction of sp³-hybridized carbons (Fsp3) is 0.217. The first-order valence-electron chi connectivity index (χ1n) is 10.6. The molecule has 1 saturated heterocycles. The molecule has 1 aliphatic heterocycles. The maximum atomic E-state index is 14.8. The molecule has 1 aromatic carbocycles. The highest BCUT2D eigenvalue weighted by molar-refractivity contribution is 5.79. The van der Waals surface area contributed by atoms with Crippen molar-refractivity contribution in [2.24, 2.45) is 0 Å². The number of nitrogens with two attached hydrogens (primary N) is 2. The molecule has 0 amide bonds. The van der Waals surface area contributed by atoms with Crippen molar-refractivity contribution in [3.63, 3.8) is 0 Å². The third-order valence-electron chi connectivity index (χ3n) is 6.04. The van der Waals surface area contributed by atoms with E-state index in [2.05, 4.69) is 26.0 Å².